The highest BCUT2D eigenvalue weighted by molar-refractivity contribution is 6.32. The Bertz CT molecular complexity index is 774. The third kappa shape index (κ3) is 2.21. The lowest BCUT2D eigenvalue weighted by Crippen LogP contribution is -1.99. The molecule has 0 spiro atoms. The van der Waals surface area contributed by atoms with E-state index in [4.69, 9.17) is 16.0 Å². The van der Waals surface area contributed by atoms with E-state index < -0.39 is 6.10 Å². The molecule has 0 aliphatic heterocycles. The highest BCUT2D eigenvalue weighted by Gasteiger charge is 2.19. The summed E-state index contributed by atoms with van der Waals surface area (Å²) in [5, 5.41) is 12.1. The van der Waals surface area contributed by atoms with Crippen molar-refractivity contribution in [1.82, 2.24) is 0 Å². The highest BCUT2D eigenvalue weighted by atomic mass is 35.5. The molecule has 1 aromatic heterocycles. The summed E-state index contributed by atoms with van der Waals surface area (Å²) in [6.45, 7) is 3.94. The van der Waals surface area contributed by atoms with Gasteiger partial charge in [-0.1, -0.05) is 41.4 Å². The number of aryl methyl sites for hydroxylation is 2. The maximum absolute atomic E-state index is 10.5. The van der Waals surface area contributed by atoms with E-state index in [9.17, 15) is 5.11 Å². The van der Waals surface area contributed by atoms with Crippen LogP contribution in [-0.4, -0.2) is 5.11 Å². The number of benzene rings is 2. The van der Waals surface area contributed by atoms with Crippen molar-refractivity contribution in [1.29, 1.82) is 0 Å². The molecule has 3 aromatic rings. The number of aliphatic hydroxyl groups excluding tert-OH is 1. The molecular weight excluding hydrogens is 272 g/mol. The lowest BCUT2D eigenvalue weighted by atomic mass is 10.0. The minimum absolute atomic E-state index is 0.512. The zero-order chi connectivity index (χ0) is 14.3. The SMILES string of the molecule is Cc1ccc2oc(C(O)c3cccc(C)c3Cl)cc2c1. The molecule has 2 nitrogen and oxygen atoms in total. The van der Waals surface area contributed by atoms with Crippen molar-refractivity contribution >= 4 is 22.6 Å². The molecule has 20 heavy (non-hydrogen) atoms. The van der Waals surface area contributed by atoms with Gasteiger partial charge in [-0.15, -0.1) is 0 Å². The van der Waals surface area contributed by atoms with Gasteiger partial charge in [-0.3, -0.25) is 0 Å². The van der Waals surface area contributed by atoms with E-state index in [0.717, 1.165) is 22.1 Å². The number of rotatable bonds is 2. The Morgan fingerprint density at radius 2 is 1.90 bits per heavy atom. The zero-order valence-electron chi connectivity index (χ0n) is 11.4. The van der Waals surface area contributed by atoms with Gasteiger partial charge in [0, 0.05) is 16.0 Å². The summed E-state index contributed by atoms with van der Waals surface area (Å²) in [7, 11) is 0. The van der Waals surface area contributed by atoms with Crippen LogP contribution in [0.1, 0.15) is 28.6 Å². The van der Waals surface area contributed by atoms with E-state index in [2.05, 4.69) is 0 Å². The molecule has 2 aromatic carbocycles. The molecule has 3 heteroatoms. The second-order valence-electron chi connectivity index (χ2n) is 5.07. The van der Waals surface area contributed by atoms with Crippen molar-refractivity contribution < 1.29 is 9.52 Å². The van der Waals surface area contributed by atoms with Gasteiger partial charge in [-0.25, -0.2) is 0 Å². The van der Waals surface area contributed by atoms with E-state index in [-0.39, 0.29) is 0 Å². The number of aliphatic hydroxyl groups is 1. The molecule has 3 rings (SSSR count). The molecular formula is C17H15ClO2. The molecule has 0 amide bonds. The summed E-state index contributed by atoms with van der Waals surface area (Å²) in [4.78, 5) is 0. The molecule has 1 atom stereocenters. The number of furan rings is 1. The average molecular weight is 287 g/mol. The van der Waals surface area contributed by atoms with E-state index >= 15 is 0 Å². The third-order valence-corrected chi connectivity index (χ3v) is 3.99. The van der Waals surface area contributed by atoms with Crippen LogP contribution in [0.15, 0.2) is 46.9 Å². The van der Waals surface area contributed by atoms with Crippen molar-refractivity contribution in [3.8, 4) is 0 Å². The number of halogens is 1. The molecule has 0 bridgehead atoms. The van der Waals surface area contributed by atoms with Gasteiger partial charge in [0.1, 0.15) is 17.4 Å². The van der Waals surface area contributed by atoms with Gasteiger partial charge in [-0.05, 0) is 37.6 Å². The van der Waals surface area contributed by atoms with Crippen molar-refractivity contribution in [2.45, 2.75) is 20.0 Å². The van der Waals surface area contributed by atoms with Crippen molar-refractivity contribution in [2.75, 3.05) is 0 Å². The second-order valence-corrected chi connectivity index (χ2v) is 5.45. The lowest BCUT2D eigenvalue weighted by molar-refractivity contribution is 0.192. The van der Waals surface area contributed by atoms with Gasteiger partial charge in [0.15, 0.2) is 0 Å². The van der Waals surface area contributed by atoms with E-state index in [1.165, 1.54) is 0 Å². The summed E-state index contributed by atoms with van der Waals surface area (Å²) in [6, 6.07) is 13.4. The molecule has 0 fully saturated rings. The van der Waals surface area contributed by atoms with E-state index in [1.807, 2.05) is 56.3 Å². The molecule has 1 heterocycles. The Labute approximate surface area is 122 Å². The Morgan fingerprint density at radius 3 is 2.70 bits per heavy atom. The summed E-state index contributed by atoms with van der Waals surface area (Å²) >= 11 is 6.26. The summed E-state index contributed by atoms with van der Waals surface area (Å²) in [6.07, 6.45) is -0.852. The second kappa shape index (κ2) is 4.97. The van der Waals surface area contributed by atoms with Gasteiger partial charge in [0.05, 0.1) is 0 Å². The molecule has 0 saturated heterocycles. The summed E-state index contributed by atoms with van der Waals surface area (Å²) in [5.74, 6) is 0.512. The molecule has 102 valence electrons. The quantitative estimate of drug-likeness (QED) is 0.735. The monoisotopic (exact) mass is 286 g/mol. The van der Waals surface area contributed by atoms with Crippen LogP contribution in [0.3, 0.4) is 0 Å². The normalized spacial score (nSPS) is 12.8. The van der Waals surface area contributed by atoms with Gasteiger partial charge >= 0.3 is 0 Å². The fourth-order valence-corrected chi connectivity index (χ4v) is 2.58. The Balaban J connectivity index is 2.08. The van der Waals surface area contributed by atoms with Crippen molar-refractivity contribution in [2.24, 2.45) is 0 Å². The zero-order valence-corrected chi connectivity index (χ0v) is 12.1. The maximum atomic E-state index is 10.5. The van der Waals surface area contributed by atoms with E-state index in [1.54, 1.807) is 0 Å². The largest absolute Gasteiger partial charge is 0.458 e. The van der Waals surface area contributed by atoms with Crippen molar-refractivity contribution in [3.63, 3.8) is 0 Å². The summed E-state index contributed by atoms with van der Waals surface area (Å²) < 4.78 is 5.73. The predicted octanol–water partition coefficient (Wildman–Crippen LogP) is 4.78. The van der Waals surface area contributed by atoms with Crippen LogP contribution >= 0.6 is 11.6 Å². The molecule has 0 aliphatic carbocycles. The first-order valence-electron chi connectivity index (χ1n) is 6.49. The average Bonchev–Trinajstić information content (AvgIpc) is 2.84. The van der Waals surface area contributed by atoms with Crippen molar-refractivity contribution in [3.05, 3.63) is 69.9 Å². The van der Waals surface area contributed by atoms with E-state index in [0.29, 0.717) is 16.3 Å². The first kappa shape index (κ1) is 13.2. The minimum atomic E-state index is -0.852. The number of hydrogen-bond donors (Lipinski definition) is 1. The fraction of sp³-hybridized carbons (Fsp3) is 0.176. The van der Waals surface area contributed by atoms with Crippen LogP contribution < -0.4 is 0 Å². The lowest BCUT2D eigenvalue weighted by Gasteiger charge is -2.11. The van der Waals surface area contributed by atoms with Crippen LogP contribution in [0.4, 0.5) is 0 Å². The minimum Gasteiger partial charge on any atom is -0.458 e. The van der Waals surface area contributed by atoms with Crippen LogP contribution in [0, 0.1) is 13.8 Å². The van der Waals surface area contributed by atoms with Gasteiger partial charge in [-0.2, -0.15) is 0 Å². The van der Waals surface area contributed by atoms with Gasteiger partial charge in [0.25, 0.3) is 0 Å². The van der Waals surface area contributed by atoms with Crippen LogP contribution in [0.5, 0.6) is 0 Å². The van der Waals surface area contributed by atoms with Crippen LogP contribution in [0.25, 0.3) is 11.0 Å². The number of fused-ring (bicyclic) bond motifs is 1. The van der Waals surface area contributed by atoms with Crippen LogP contribution in [-0.2, 0) is 0 Å². The first-order valence-corrected chi connectivity index (χ1v) is 6.87. The topological polar surface area (TPSA) is 33.4 Å². The van der Waals surface area contributed by atoms with Gasteiger partial charge < -0.3 is 9.52 Å². The molecule has 0 radical (unpaired) electrons. The first-order chi connectivity index (χ1) is 9.56. The Morgan fingerprint density at radius 1 is 1.10 bits per heavy atom. The molecule has 1 N–H and O–H groups in total. The van der Waals surface area contributed by atoms with Gasteiger partial charge in [0.2, 0.25) is 0 Å². The molecule has 0 saturated carbocycles. The Kier molecular flexibility index (Phi) is 3.28. The molecule has 0 aliphatic rings. The Hall–Kier alpha value is -1.77. The fourth-order valence-electron chi connectivity index (χ4n) is 2.35. The number of hydrogen-bond acceptors (Lipinski definition) is 2. The summed E-state index contributed by atoms with van der Waals surface area (Å²) in [5.41, 5.74) is 3.54. The third-order valence-electron chi connectivity index (χ3n) is 3.48. The molecule has 1 unspecified atom stereocenters. The highest BCUT2D eigenvalue weighted by Crippen LogP contribution is 2.33. The standard InChI is InChI=1S/C17H15ClO2/c1-10-6-7-14-12(8-10)9-15(20-14)17(19)13-5-3-4-11(2)16(13)18/h3-9,17,19H,1-2H3. The smallest absolute Gasteiger partial charge is 0.138 e. The van der Waals surface area contributed by atoms with Crippen LogP contribution in [0.2, 0.25) is 5.02 Å². The predicted molar refractivity (Wildman–Crippen MR) is 81.2 cm³/mol. The maximum Gasteiger partial charge on any atom is 0.138 e.